The Morgan fingerprint density at radius 1 is 1.03 bits per heavy atom. The number of allylic oxidation sites excluding steroid dienone is 2. The lowest BCUT2D eigenvalue weighted by atomic mass is 10.3. The third-order valence-electron chi connectivity index (χ3n) is 4.14. The number of nitrogens with one attached hydrogen (secondary N) is 1. The highest BCUT2D eigenvalue weighted by Gasteiger charge is 2.25. The van der Waals surface area contributed by atoms with Crippen molar-refractivity contribution in [2.75, 3.05) is 19.5 Å². The van der Waals surface area contributed by atoms with Crippen molar-refractivity contribution in [1.82, 2.24) is 9.97 Å². The molecule has 3 heterocycles. The number of benzene rings is 1. The van der Waals surface area contributed by atoms with E-state index in [1.165, 1.54) is 11.3 Å². The molecule has 0 unspecified atom stereocenters. The van der Waals surface area contributed by atoms with Gasteiger partial charge in [0.05, 0.1) is 19.9 Å². The van der Waals surface area contributed by atoms with Crippen LogP contribution < -0.4 is 10.1 Å². The normalized spacial score (nSPS) is 14.2. The number of aromatic nitrogens is 2. The van der Waals surface area contributed by atoms with E-state index in [0.29, 0.717) is 11.6 Å². The number of hydrogen-bond acceptors (Lipinski definition) is 7. The minimum atomic E-state index is -0.931. The Bertz CT molecular complexity index is 1040. The van der Waals surface area contributed by atoms with Crippen molar-refractivity contribution in [1.29, 1.82) is 0 Å². The molecule has 0 radical (unpaired) electrons. The maximum Gasteiger partial charge on any atom is 0.188 e. The highest BCUT2D eigenvalue weighted by molar-refractivity contribution is 8.23. The zero-order valence-corrected chi connectivity index (χ0v) is 18.0. The van der Waals surface area contributed by atoms with Crippen molar-refractivity contribution in [2.45, 2.75) is 11.8 Å². The van der Waals surface area contributed by atoms with Crippen LogP contribution in [0.3, 0.4) is 0 Å². The smallest absolute Gasteiger partial charge is 0.188 e. The number of thiazole rings is 1. The average Bonchev–Trinajstić information content (AvgIpc) is 3.35. The first-order valence-corrected chi connectivity index (χ1v) is 11.1. The molecule has 6 nitrogen and oxygen atoms in total. The molecule has 1 N–H and O–H groups in total. The number of aryl methyl sites for hydroxylation is 1. The fourth-order valence-electron chi connectivity index (χ4n) is 2.83. The SMILES string of the molecule is COC1=CC=C(OC)[SH]1c1cnc(Nc2nc(C)cs2)c(Oc2ccccc2)c1. The minimum absolute atomic E-state index is 0.604. The van der Waals surface area contributed by atoms with E-state index in [1.807, 2.05) is 67.1 Å². The van der Waals surface area contributed by atoms with Crippen LogP contribution in [-0.4, -0.2) is 24.2 Å². The molecule has 0 fully saturated rings. The fourth-order valence-corrected chi connectivity index (χ4v) is 5.48. The molecule has 1 aromatic carbocycles. The monoisotopic (exact) mass is 427 g/mol. The minimum Gasteiger partial charge on any atom is -0.492 e. The molecule has 0 saturated heterocycles. The van der Waals surface area contributed by atoms with Crippen molar-refractivity contribution >= 4 is 33.2 Å². The van der Waals surface area contributed by atoms with Gasteiger partial charge in [0.1, 0.15) is 15.9 Å². The number of nitrogens with zero attached hydrogens (tertiary/aromatic N) is 2. The Morgan fingerprint density at radius 3 is 2.38 bits per heavy atom. The molecule has 0 aliphatic carbocycles. The second kappa shape index (κ2) is 8.59. The van der Waals surface area contributed by atoms with Gasteiger partial charge in [-0.05, 0) is 37.3 Å². The summed E-state index contributed by atoms with van der Waals surface area (Å²) in [5.41, 5.74) is 0.957. The summed E-state index contributed by atoms with van der Waals surface area (Å²) in [5.74, 6) is 1.95. The van der Waals surface area contributed by atoms with E-state index in [9.17, 15) is 0 Å². The van der Waals surface area contributed by atoms with E-state index >= 15 is 0 Å². The number of rotatable bonds is 7. The van der Waals surface area contributed by atoms with Gasteiger partial charge >= 0.3 is 0 Å². The standard InChI is InChI=1S/C21H21N3O3S2/c1-14-13-28-21(23-14)24-20-17(27-15-7-5-4-6-8-15)11-16(12-22-20)29-18(25-2)9-10-19(29)26-3/h4-13,29H,1-3H3,(H,22,23,24). The summed E-state index contributed by atoms with van der Waals surface area (Å²) >= 11 is 1.52. The van der Waals surface area contributed by atoms with Crippen LogP contribution in [0, 0.1) is 6.92 Å². The molecular weight excluding hydrogens is 406 g/mol. The van der Waals surface area contributed by atoms with Crippen LogP contribution in [0.5, 0.6) is 11.5 Å². The molecule has 0 spiro atoms. The molecule has 150 valence electrons. The van der Waals surface area contributed by atoms with Crippen LogP contribution in [0.15, 0.2) is 75.2 Å². The lowest BCUT2D eigenvalue weighted by Gasteiger charge is -2.22. The van der Waals surface area contributed by atoms with Gasteiger partial charge in [-0.2, -0.15) is 0 Å². The Morgan fingerprint density at radius 2 is 1.76 bits per heavy atom. The van der Waals surface area contributed by atoms with Crippen LogP contribution in [0.2, 0.25) is 0 Å². The third-order valence-corrected chi connectivity index (χ3v) is 7.32. The summed E-state index contributed by atoms with van der Waals surface area (Å²) in [6, 6.07) is 11.6. The van der Waals surface area contributed by atoms with Crippen LogP contribution in [-0.2, 0) is 9.47 Å². The Balaban J connectivity index is 1.72. The van der Waals surface area contributed by atoms with Gasteiger partial charge in [-0.3, -0.25) is 0 Å². The Kier molecular flexibility index (Phi) is 5.73. The quantitative estimate of drug-likeness (QED) is 0.469. The molecular formula is C21H21N3O3S2. The number of pyridine rings is 1. The van der Waals surface area contributed by atoms with E-state index in [1.54, 1.807) is 14.2 Å². The highest BCUT2D eigenvalue weighted by atomic mass is 32.2. The first-order valence-electron chi connectivity index (χ1n) is 8.90. The number of hydrogen-bond donors (Lipinski definition) is 2. The van der Waals surface area contributed by atoms with Crippen molar-refractivity contribution in [3.8, 4) is 11.5 Å². The lowest BCUT2D eigenvalue weighted by Crippen LogP contribution is -2.00. The van der Waals surface area contributed by atoms with Gasteiger partial charge in [-0.15, -0.1) is 22.2 Å². The molecule has 2 aromatic heterocycles. The summed E-state index contributed by atoms with van der Waals surface area (Å²) < 4.78 is 17.3. The summed E-state index contributed by atoms with van der Waals surface area (Å²) in [7, 11) is 2.41. The van der Waals surface area contributed by atoms with Gasteiger partial charge in [0.25, 0.3) is 0 Å². The molecule has 0 amide bonds. The molecule has 29 heavy (non-hydrogen) atoms. The molecule has 0 bridgehead atoms. The third kappa shape index (κ3) is 4.23. The topological polar surface area (TPSA) is 65.5 Å². The fraction of sp³-hybridized carbons (Fsp3) is 0.143. The largest absolute Gasteiger partial charge is 0.492 e. The molecule has 1 aliphatic rings. The van der Waals surface area contributed by atoms with E-state index < -0.39 is 10.9 Å². The van der Waals surface area contributed by atoms with Gasteiger partial charge in [0, 0.05) is 16.5 Å². The van der Waals surface area contributed by atoms with Gasteiger partial charge in [-0.25, -0.2) is 9.97 Å². The van der Waals surface area contributed by atoms with E-state index in [0.717, 1.165) is 31.7 Å². The van der Waals surface area contributed by atoms with Crippen molar-refractivity contribution in [3.63, 3.8) is 0 Å². The van der Waals surface area contributed by atoms with Crippen LogP contribution >= 0.6 is 22.2 Å². The van der Waals surface area contributed by atoms with Crippen LogP contribution in [0.4, 0.5) is 10.9 Å². The number of thiol groups is 1. The van der Waals surface area contributed by atoms with E-state index in [4.69, 9.17) is 14.2 Å². The first-order chi connectivity index (χ1) is 14.2. The van der Waals surface area contributed by atoms with Crippen LogP contribution in [0.1, 0.15) is 5.69 Å². The second-order valence-corrected chi connectivity index (χ2v) is 9.05. The second-order valence-electron chi connectivity index (χ2n) is 6.13. The summed E-state index contributed by atoms with van der Waals surface area (Å²) in [5, 5.41) is 7.75. The van der Waals surface area contributed by atoms with Crippen molar-refractivity contribution in [3.05, 3.63) is 76.0 Å². The Hall–Kier alpha value is -2.97. The van der Waals surface area contributed by atoms with E-state index in [-0.39, 0.29) is 0 Å². The lowest BCUT2D eigenvalue weighted by molar-refractivity contribution is 0.316. The summed E-state index contributed by atoms with van der Waals surface area (Å²) in [4.78, 5) is 10.1. The zero-order valence-electron chi connectivity index (χ0n) is 16.2. The summed E-state index contributed by atoms with van der Waals surface area (Å²) in [6.07, 6.45) is 5.71. The maximum absolute atomic E-state index is 6.17. The average molecular weight is 428 g/mol. The first kappa shape index (κ1) is 19.4. The predicted octanol–water partition coefficient (Wildman–Crippen LogP) is 5.73. The molecule has 3 aromatic rings. The Labute approximate surface area is 176 Å². The zero-order chi connectivity index (χ0) is 20.2. The molecule has 4 rings (SSSR count). The molecule has 8 heteroatoms. The highest BCUT2D eigenvalue weighted by Crippen LogP contribution is 2.55. The van der Waals surface area contributed by atoms with Gasteiger partial charge in [0.15, 0.2) is 16.7 Å². The molecule has 0 saturated carbocycles. The predicted molar refractivity (Wildman–Crippen MR) is 118 cm³/mol. The molecule has 0 atom stereocenters. The van der Waals surface area contributed by atoms with Gasteiger partial charge in [-0.1, -0.05) is 18.2 Å². The number of anilines is 2. The number of para-hydroxylation sites is 1. The van der Waals surface area contributed by atoms with Gasteiger partial charge in [0.2, 0.25) is 0 Å². The number of methoxy groups -OCH3 is 2. The van der Waals surface area contributed by atoms with Gasteiger partial charge < -0.3 is 19.5 Å². The maximum atomic E-state index is 6.17. The van der Waals surface area contributed by atoms with Crippen LogP contribution in [0.25, 0.3) is 0 Å². The van der Waals surface area contributed by atoms with E-state index in [2.05, 4.69) is 15.3 Å². The van der Waals surface area contributed by atoms with Crippen molar-refractivity contribution < 1.29 is 14.2 Å². The molecule has 1 aliphatic heterocycles. The number of ether oxygens (including phenoxy) is 3. The summed E-state index contributed by atoms with van der Waals surface area (Å²) in [6.45, 7) is 1.96. The van der Waals surface area contributed by atoms with Crippen molar-refractivity contribution in [2.24, 2.45) is 0 Å².